The summed E-state index contributed by atoms with van der Waals surface area (Å²) in [6, 6.07) is 10.1. The second kappa shape index (κ2) is 9.41. The van der Waals surface area contributed by atoms with Crippen LogP contribution in [0, 0.1) is 12.8 Å². The van der Waals surface area contributed by atoms with Gasteiger partial charge < -0.3 is 5.32 Å². The number of amides is 1. The van der Waals surface area contributed by atoms with Crippen molar-refractivity contribution >= 4 is 27.5 Å². The lowest BCUT2D eigenvalue weighted by Gasteiger charge is -2.31. The molecule has 2 aromatic carbocycles. The Hall–Kier alpha value is -2.10. The number of nitrogens with one attached hydrogen (secondary N) is 1. The summed E-state index contributed by atoms with van der Waals surface area (Å²) >= 11 is 5.59. The molecular formula is C22H24ClF3N2O3S. The van der Waals surface area contributed by atoms with Gasteiger partial charge in [0.2, 0.25) is 15.9 Å². The van der Waals surface area contributed by atoms with Gasteiger partial charge in [-0.2, -0.15) is 17.5 Å². The molecular weight excluding hydrogens is 465 g/mol. The molecule has 1 aliphatic heterocycles. The molecule has 1 unspecified atom stereocenters. The summed E-state index contributed by atoms with van der Waals surface area (Å²) in [5, 5.41) is 2.42. The van der Waals surface area contributed by atoms with E-state index in [1.54, 1.807) is 0 Å². The number of hydrogen-bond acceptors (Lipinski definition) is 3. The molecule has 1 saturated heterocycles. The Bertz CT molecular complexity index is 1100. The van der Waals surface area contributed by atoms with Crippen LogP contribution in [-0.2, 0) is 21.0 Å². The van der Waals surface area contributed by atoms with Gasteiger partial charge in [0, 0.05) is 19.0 Å². The zero-order chi connectivity index (χ0) is 23.7. The maximum absolute atomic E-state index is 13.1. The number of aryl methyl sites for hydroxylation is 1. The first kappa shape index (κ1) is 24.5. The van der Waals surface area contributed by atoms with Gasteiger partial charge in [0.25, 0.3) is 0 Å². The summed E-state index contributed by atoms with van der Waals surface area (Å²) in [5.74, 6) is -0.535. The van der Waals surface area contributed by atoms with Gasteiger partial charge in [-0.3, -0.25) is 4.79 Å². The van der Waals surface area contributed by atoms with E-state index in [4.69, 9.17) is 11.6 Å². The topological polar surface area (TPSA) is 66.5 Å². The molecule has 1 amide bonds. The number of sulfonamides is 1. The van der Waals surface area contributed by atoms with Crippen LogP contribution in [0.1, 0.15) is 42.5 Å². The number of halogens is 4. The predicted octanol–water partition coefficient (Wildman–Crippen LogP) is 4.95. The molecule has 0 bridgehead atoms. The van der Waals surface area contributed by atoms with E-state index in [9.17, 15) is 26.4 Å². The van der Waals surface area contributed by atoms with Gasteiger partial charge in [-0.15, -0.1) is 0 Å². The first-order valence-electron chi connectivity index (χ1n) is 10.1. The summed E-state index contributed by atoms with van der Waals surface area (Å²) in [7, 11) is -4.14. The molecule has 1 fully saturated rings. The van der Waals surface area contributed by atoms with Crippen molar-refractivity contribution in [1.29, 1.82) is 0 Å². The molecule has 0 aromatic heterocycles. The van der Waals surface area contributed by atoms with Crippen LogP contribution in [0.5, 0.6) is 0 Å². The highest BCUT2D eigenvalue weighted by Crippen LogP contribution is 2.37. The third-order valence-corrected chi connectivity index (χ3v) is 7.94. The second-order valence-electron chi connectivity index (χ2n) is 7.90. The van der Waals surface area contributed by atoms with Gasteiger partial charge in [0.05, 0.1) is 21.5 Å². The predicted molar refractivity (Wildman–Crippen MR) is 116 cm³/mol. The van der Waals surface area contributed by atoms with Crippen molar-refractivity contribution in [2.75, 3.05) is 13.1 Å². The average Bonchev–Trinajstić information content (AvgIpc) is 2.73. The van der Waals surface area contributed by atoms with Crippen molar-refractivity contribution in [2.45, 2.75) is 43.8 Å². The van der Waals surface area contributed by atoms with Crippen LogP contribution in [0.3, 0.4) is 0 Å². The molecule has 1 atom stereocenters. The minimum atomic E-state index is -4.76. The standard InChI is InChI=1S/C22H24ClF3N2O3S/c1-14-5-3-4-6-18(14)15(2)27-21(29)16-9-11-28(12-10-16)32(30,31)17-7-8-20(23)19(13-17)22(24,25)26/h3-8,13,15-16H,9-12H2,1-2H3,(H,27,29). The zero-order valence-electron chi connectivity index (χ0n) is 17.6. The average molecular weight is 489 g/mol. The number of carbonyl (C=O) groups is 1. The largest absolute Gasteiger partial charge is 0.417 e. The van der Waals surface area contributed by atoms with Crippen molar-refractivity contribution in [1.82, 2.24) is 9.62 Å². The first-order chi connectivity index (χ1) is 14.9. The van der Waals surface area contributed by atoms with E-state index >= 15 is 0 Å². The Kier molecular flexibility index (Phi) is 7.21. The van der Waals surface area contributed by atoms with Crippen molar-refractivity contribution in [3.05, 3.63) is 64.2 Å². The third kappa shape index (κ3) is 5.27. The minimum absolute atomic E-state index is 0.0448. The van der Waals surface area contributed by atoms with Gasteiger partial charge >= 0.3 is 6.18 Å². The summed E-state index contributed by atoms with van der Waals surface area (Å²) in [5.41, 5.74) is 0.867. The number of piperidine rings is 1. The van der Waals surface area contributed by atoms with Crippen molar-refractivity contribution in [3.63, 3.8) is 0 Å². The Labute approximate surface area is 190 Å². The Morgan fingerprint density at radius 2 is 1.78 bits per heavy atom. The lowest BCUT2D eigenvalue weighted by Crippen LogP contribution is -2.43. The van der Waals surface area contributed by atoms with Crippen LogP contribution >= 0.6 is 11.6 Å². The fourth-order valence-corrected chi connectivity index (χ4v) is 5.59. The van der Waals surface area contributed by atoms with Crippen LogP contribution in [0.4, 0.5) is 13.2 Å². The van der Waals surface area contributed by atoms with E-state index < -0.39 is 31.7 Å². The van der Waals surface area contributed by atoms with E-state index in [0.29, 0.717) is 6.07 Å². The summed E-state index contributed by atoms with van der Waals surface area (Å²) < 4.78 is 66.2. The molecule has 5 nitrogen and oxygen atoms in total. The smallest absolute Gasteiger partial charge is 0.349 e. The number of alkyl halides is 3. The van der Waals surface area contributed by atoms with Crippen molar-refractivity contribution in [2.24, 2.45) is 5.92 Å². The van der Waals surface area contributed by atoms with E-state index in [1.165, 1.54) is 0 Å². The second-order valence-corrected chi connectivity index (χ2v) is 10.2. The summed E-state index contributed by atoms with van der Waals surface area (Å²) in [6.07, 6.45) is -4.20. The molecule has 0 aliphatic carbocycles. The zero-order valence-corrected chi connectivity index (χ0v) is 19.2. The monoisotopic (exact) mass is 488 g/mol. The van der Waals surface area contributed by atoms with E-state index in [2.05, 4.69) is 5.32 Å². The highest BCUT2D eigenvalue weighted by atomic mass is 35.5. The maximum atomic E-state index is 13.1. The van der Waals surface area contributed by atoms with Gasteiger partial charge in [-0.1, -0.05) is 35.9 Å². The third-order valence-electron chi connectivity index (χ3n) is 5.72. The molecule has 0 radical (unpaired) electrons. The van der Waals surface area contributed by atoms with Gasteiger partial charge in [0.15, 0.2) is 0 Å². The molecule has 1 N–H and O–H groups in total. The highest BCUT2D eigenvalue weighted by molar-refractivity contribution is 7.89. The van der Waals surface area contributed by atoms with Gasteiger partial charge in [-0.25, -0.2) is 8.42 Å². The Morgan fingerprint density at radius 1 is 1.16 bits per heavy atom. The number of benzene rings is 2. The molecule has 3 rings (SSSR count). The molecule has 0 spiro atoms. The van der Waals surface area contributed by atoms with E-state index in [-0.39, 0.29) is 43.8 Å². The summed E-state index contributed by atoms with van der Waals surface area (Å²) in [6.45, 7) is 3.94. The summed E-state index contributed by atoms with van der Waals surface area (Å²) in [4.78, 5) is 12.2. The quantitative estimate of drug-likeness (QED) is 0.648. The van der Waals surface area contributed by atoms with E-state index in [0.717, 1.165) is 27.6 Å². The first-order valence-corrected chi connectivity index (χ1v) is 12.0. The minimum Gasteiger partial charge on any atom is -0.349 e. The molecule has 32 heavy (non-hydrogen) atoms. The highest BCUT2D eigenvalue weighted by Gasteiger charge is 2.37. The van der Waals surface area contributed by atoms with Crippen LogP contribution < -0.4 is 5.32 Å². The Morgan fingerprint density at radius 3 is 2.38 bits per heavy atom. The van der Waals surface area contributed by atoms with Gasteiger partial charge in [0.1, 0.15) is 0 Å². The van der Waals surface area contributed by atoms with Crippen molar-refractivity contribution in [3.8, 4) is 0 Å². The van der Waals surface area contributed by atoms with Crippen LogP contribution in [0.2, 0.25) is 5.02 Å². The lowest BCUT2D eigenvalue weighted by atomic mass is 9.96. The SMILES string of the molecule is Cc1ccccc1C(C)NC(=O)C1CCN(S(=O)(=O)c2ccc(Cl)c(C(F)(F)F)c2)CC1. The maximum Gasteiger partial charge on any atom is 0.417 e. The van der Waals surface area contributed by atoms with Crippen LogP contribution in [0.15, 0.2) is 47.4 Å². The van der Waals surface area contributed by atoms with Crippen LogP contribution in [0.25, 0.3) is 0 Å². The number of rotatable bonds is 5. The normalized spacial score (nSPS) is 17.2. The number of hydrogen-bond donors (Lipinski definition) is 1. The molecule has 1 aliphatic rings. The van der Waals surface area contributed by atoms with Crippen molar-refractivity contribution < 1.29 is 26.4 Å². The molecule has 0 saturated carbocycles. The van der Waals surface area contributed by atoms with E-state index in [1.807, 2.05) is 38.1 Å². The molecule has 10 heteroatoms. The molecule has 2 aromatic rings. The fourth-order valence-electron chi connectivity index (χ4n) is 3.87. The fraction of sp³-hybridized carbons (Fsp3) is 0.409. The molecule has 1 heterocycles. The number of nitrogens with zero attached hydrogens (tertiary/aromatic N) is 1. The lowest BCUT2D eigenvalue weighted by molar-refractivity contribution is -0.137. The van der Waals surface area contributed by atoms with Crippen LogP contribution in [-0.4, -0.2) is 31.7 Å². The molecule has 174 valence electrons. The Balaban J connectivity index is 1.66. The van der Waals surface area contributed by atoms with Gasteiger partial charge in [-0.05, 0) is 56.0 Å². The number of carbonyl (C=O) groups excluding carboxylic acids is 1.